The van der Waals surface area contributed by atoms with Crippen LogP contribution in [0.1, 0.15) is 30.1 Å². The molecule has 1 aliphatic heterocycles. The quantitative estimate of drug-likeness (QED) is 0.840. The number of benzene rings is 1. The van der Waals surface area contributed by atoms with Crippen LogP contribution in [0.2, 0.25) is 0 Å². The molecule has 0 radical (unpaired) electrons. The Morgan fingerprint density at radius 3 is 2.14 bits per heavy atom. The fourth-order valence-corrected chi connectivity index (χ4v) is 2.36. The molecule has 1 aromatic carbocycles. The maximum Gasteiger partial charge on any atom is 0.253 e. The van der Waals surface area contributed by atoms with Gasteiger partial charge in [0.2, 0.25) is 0 Å². The Morgan fingerprint density at radius 1 is 1.09 bits per heavy atom. The SMILES string of the molecule is CCCCN1CCN(C(=O)c2ccc(N)cc2)CC1.Cl.Cl.O. The zero-order chi connectivity index (χ0) is 13.7. The summed E-state index contributed by atoms with van der Waals surface area (Å²) >= 11 is 0. The molecule has 0 aromatic heterocycles. The molecule has 0 spiro atoms. The van der Waals surface area contributed by atoms with Gasteiger partial charge in [0, 0.05) is 37.4 Å². The van der Waals surface area contributed by atoms with Crippen molar-refractivity contribution in [3.8, 4) is 0 Å². The molecule has 22 heavy (non-hydrogen) atoms. The molecule has 0 bridgehead atoms. The first-order valence-electron chi connectivity index (χ1n) is 7.08. The van der Waals surface area contributed by atoms with E-state index in [2.05, 4.69) is 11.8 Å². The summed E-state index contributed by atoms with van der Waals surface area (Å²) in [5, 5.41) is 0. The molecule has 2 rings (SSSR count). The number of hydrogen-bond donors (Lipinski definition) is 1. The Balaban J connectivity index is 0. The maximum absolute atomic E-state index is 12.3. The third-order valence-electron chi connectivity index (χ3n) is 3.65. The van der Waals surface area contributed by atoms with E-state index in [0.29, 0.717) is 5.69 Å². The highest BCUT2D eigenvalue weighted by atomic mass is 35.5. The predicted octanol–water partition coefficient (Wildman–Crippen LogP) is 1.85. The summed E-state index contributed by atoms with van der Waals surface area (Å²) in [6.07, 6.45) is 2.47. The van der Waals surface area contributed by atoms with E-state index in [-0.39, 0.29) is 36.2 Å². The molecular weight excluding hydrogens is 325 g/mol. The van der Waals surface area contributed by atoms with E-state index >= 15 is 0 Å². The molecule has 4 N–H and O–H groups in total. The second kappa shape index (κ2) is 11.5. The molecule has 1 aromatic rings. The second-order valence-electron chi connectivity index (χ2n) is 5.11. The van der Waals surface area contributed by atoms with Crippen LogP contribution in [-0.2, 0) is 0 Å². The van der Waals surface area contributed by atoms with Crippen molar-refractivity contribution >= 4 is 36.4 Å². The lowest BCUT2D eigenvalue weighted by atomic mass is 10.1. The van der Waals surface area contributed by atoms with E-state index in [9.17, 15) is 4.79 Å². The van der Waals surface area contributed by atoms with Gasteiger partial charge in [-0.2, -0.15) is 0 Å². The van der Waals surface area contributed by atoms with Gasteiger partial charge in [0.15, 0.2) is 0 Å². The molecule has 1 heterocycles. The highest BCUT2D eigenvalue weighted by Gasteiger charge is 2.21. The number of carbonyl (C=O) groups excluding carboxylic acids is 1. The number of rotatable bonds is 4. The standard InChI is InChI=1S/C15H23N3O.2ClH.H2O/c1-2-3-8-17-9-11-18(12-10-17)15(19)13-4-6-14(16)7-5-13;;;/h4-7H,2-3,8-12,16H2,1H3;2*1H;1H2. The number of amides is 1. The van der Waals surface area contributed by atoms with Crippen LogP contribution in [0.3, 0.4) is 0 Å². The van der Waals surface area contributed by atoms with Crippen LogP contribution >= 0.6 is 24.8 Å². The second-order valence-corrected chi connectivity index (χ2v) is 5.11. The fourth-order valence-electron chi connectivity index (χ4n) is 2.36. The van der Waals surface area contributed by atoms with Crippen LogP contribution < -0.4 is 5.73 Å². The summed E-state index contributed by atoms with van der Waals surface area (Å²) in [6.45, 7) is 6.99. The Labute approximate surface area is 145 Å². The van der Waals surface area contributed by atoms with Crippen LogP contribution in [0.4, 0.5) is 5.69 Å². The van der Waals surface area contributed by atoms with Gasteiger partial charge in [-0.05, 0) is 37.2 Å². The fraction of sp³-hybridized carbons (Fsp3) is 0.533. The van der Waals surface area contributed by atoms with Crippen LogP contribution in [0, 0.1) is 0 Å². The van der Waals surface area contributed by atoms with E-state index in [1.165, 1.54) is 12.8 Å². The summed E-state index contributed by atoms with van der Waals surface area (Å²) in [4.78, 5) is 16.7. The van der Waals surface area contributed by atoms with Crippen molar-refractivity contribution in [2.75, 3.05) is 38.5 Å². The van der Waals surface area contributed by atoms with Gasteiger partial charge in [0.25, 0.3) is 5.91 Å². The van der Waals surface area contributed by atoms with Crippen LogP contribution in [-0.4, -0.2) is 53.9 Å². The van der Waals surface area contributed by atoms with Crippen molar-refractivity contribution < 1.29 is 10.3 Å². The van der Waals surface area contributed by atoms with Crippen LogP contribution in [0.25, 0.3) is 0 Å². The Hall–Kier alpha value is -1.01. The maximum atomic E-state index is 12.3. The molecule has 7 heteroatoms. The van der Waals surface area contributed by atoms with Crippen molar-refractivity contribution in [2.24, 2.45) is 0 Å². The van der Waals surface area contributed by atoms with Gasteiger partial charge in [0.1, 0.15) is 0 Å². The first kappa shape index (κ1) is 23.3. The third-order valence-corrected chi connectivity index (χ3v) is 3.65. The van der Waals surface area contributed by atoms with Crippen LogP contribution in [0.5, 0.6) is 0 Å². The number of anilines is 1. The molecule has 128 valence electrons. The Kier molecular flexibility index (Phi) is 12.2. The Morgan fingerprint density at radius 2 is 1.64 bits per heavy atom. The molecular formula is C15H27Cl2N3O2. The average molecular weight is 352 g/mol. The van der Waals surface area contributed by atoms with Crippen molar-refractivity contribution in [2.45, 2.75) is 19.8 Å². The smallest absolute Gasteiger partial charge is 0.253 e. The number of nitrogen functional groups attached to an aromatic ring is 1. The number of carbonyl (C=O) groups is 1. The molecule has 0 aliphatic carbocycles. The summed E-state index contributed by atoms with van der Waals surface area (Å²) in [5.41, 5.74) is 7.07. The molecule has 5 nitrogen and oxygen atoms in total. The molecule has 0 saturated carbocycles. The monoisotopic (exact) mass is 351 g/mol. The highest BCUT2D eigenvalue weighted by Crippen LogP contribution is 2.11. The number of halogens is 2. The summed E-state index contributed by atoms with van der Waals surface area (Å²) < 4.78 is 0. The number of nitrogens with two attached hydrogens (primary N) is 1. The van der Waals surface area contributed by atoms with Crippen molar-refractivity contribution in [3.63, 3.8) is 0 Å². The Bertz CT molecular complexity index is 421. The summed E-state index contributed by atoms with van der Waals surface area (Å²) in [5.74, 6) is 0.121. The molecule has 1 saturated heterocycles. The molecule has 1 amide bonds. The predicted molar refractivity (Wildman–Crippen MR) is 96.2 cm³/mol. The normalized spacial score (nSPS) is 14.3. The van der Waals surface area contributed by atoms with E-state index < -0.39 is 0 Å². The highest BCUT2D eigenvalue weighted by molar-refractivity contribution is 5.94. The summed E-state index contributed by atoms with van der Waals surface area (Å²) in [7, 11) is 0. The van der Waals surface area contributed by atoms with E-state index in [1.54, 1.807) is 24.3 Å². The van der Waals surface area contributed by atoms with E-state index in [1.807, 2.05) is 4.90 Å². The molecule has 1 aliphatic rings. The first-order valence-corrected chi connectivity index (χ1v) is 7.08. The summed E-state index contributed by atoms with van der Waals surface area (Å²) in [6, 6.07) is 7.18. The van der Waals surface area contributed by atoms with Crippen LogP contribution in [0.15, 0.2) is 24.3 Å². The topological polar surface area (TPSA) is 81.1 Å². The van der Waals surface area contributed by atoms with Gasteiger partial charge in [-0.15, -0.1) is 24.8 Å². The number of nitrogens with zero attached hydrogens (tertiary/aromatic N) is 2. The lowest BCUT2D eigenvalue weighted by Crippen LogP contribution is -2.48. The average Bonchev–Trinajstić information content (AvgIpc) is 2.46. The van der Waals surface area contributed by atoms with Crippen molar-refractivity contribution in [3.05, 3.63) is 29.8 Å². The number of piperazine rings is 1. The van der Waals surface area contributed by atoms with Crippen molar-refractivity contribution in [1.82, 2.24) is 9.80 Å². The lowest BCUT2D eigenvalue weighted by Gasteiger charge is -2.34. The molecule has 0 unspecified atom stereocenters. The van der Waals surface area contributed by atoms with Gasteiger partial charge in [0.05, 0.1) is 0 Å². The minimum absolute atomic E-state index is 0. The van der Waals surface area contributed by atoms with Crippen molar-refractivity contribution in [1.29, 1.82) is 0 Å². The first-order chi connectivity index (χ1) is 9.20. The van der Waals surface area contributed by atoms with Gasteiger partial charge >= 0.3 is 0 Å². The van der Waals surface area contributed by atoms with Gasteiger partial charge in [-0.1, -0.05) is 13.3 Å². The third kappa shape index (κ3) is 6.40. The van der Waals surface area contributed by atoms with Gasteiger partial charge in [-0.25, -0.2) is 0 Å². The zero-order valence-electron chi connectivity index (χ0n) is 13.0. The van der Waals surface area contributed by atoms with Gasteiger partial charge < -0.3 is 16.1 Å². The zero-order valence-corrected chi connectivity index (χ0v) is 14.6. The molecule has 1 fully saturated rings. The number of hydrogen-bond acceptors (Lipinski definition) is 3. The number of unbranched alkanes of at least 4 members (excludes halogenated alkanes) is 1. The molecule has 0 atom stereocenters. The van der Waals surface area contributed by atoms with E-state index in [0.717, 1.165) is 38.3 Å². The van der Waals surface area contributed by atoms with E-state index in [4.69, 9.17) is 5.73 Å². The largest absolute Gasteiger partial charge is 0.412 e. The lowest BCUT2D eigenvalue weighted by molar-refractivity contribution is 0.0636. The minimum Gasteiger partial charge on any atom is -0.412 e. The minimum atomic E-state index is 0. The van der Waals surface area contributed by atoms with Gasteiger partial charge in [-0.3, -0.25) is 9.69 Å².